The van der Waals surface area contributed by atoms with Crippen LogP contribution in [0, 0.1) is 0 Å². The molecule has 0 atom stereocenters. The number of ether oxygens (including phenoxy) is 1. The molecule has 7 heteroatoms. The number of morpholine rings is 1. The van der Waals surface area contributed by atoms with Crippen LogP contribution in [-0.2, 0) is 4.74 Å². The molecule has 0 unspecified atom stereocenters. The SMILES string of the molecule is Clc1nccc2nc(-c3cccc(N4CCOCC4)c3)nn12. The predicted molar refractivity (Wildman–Crippen MR) is 84.3 cm³/mol. The molecule has 0 saturated carbocycles. The van der Waals surface area contributed by atoms with E-state index in [0.717, 1.165) is 37.6 Å². The Labute approximate surface area is 132 Å². The van der Waals surface area contributed by atoms with Crippen LogP contribution in [0.15, 0.2) is 36.5 Å². The van der Waals surface area contributed by atoms with Gasteiger partial charge in [0.25, 0.3) is 0 Å². The van der Waals surface area contributed by atoms with Crippen molar-refractivity contribution in [1.82, 2.24) is 19.6 Å². The Hall–Kier alpha value is -2.18. The Morgan fingerprint density at radius 3 is 2.82 bits per heavy atom. The standard InChI is InChI=1S/C15H14ClN5O/c16-15-17-5-4-13-18-14(19-21(13)15)11-2-1-3-12(10-11)20-6-8-22-9-7-20/h1-5,10H,6-9H2. The number of benzene rings is 1. The van der Waals surface area contributed by atoms with Gasteiger partial charge in [0.1, 0.15) is 0 Å². The van der Waals surface area contributed by atoms with Crippen molar-refractivity contribution in [2.24, 2.45) is 0 Å². The summed E-state index contributed by atoms with van der Waals surface area (Å²) in [5, 5.41) is 4.74. The third kappa shape index (κ3) is 2.40. The molecule has 2 aromatic heterocycles. The highest BCUT2D eigenvalue weighted by Gasteiger charge is 2.14. The van der Waals surface area contributed by atoms with Crippen LogP contribution in [0.25, 0.3) is 17.0 Å². The van der Waals surface area contributed by atoms with Crippen LogP contribution in [0.1, 0.15) is 0 Å². The lowest BCUT2D eigenvalue weighted by molar-refractivity contribution is 0.122. The second-order valence-electron chi connectivity index (χ2n) is 5.07. The number of nitrogens with zero attached hydrogens (tertiary/aromatic N) is 5. The van der Waals surface area contributed by atoms with E-state index >= 15 is 0 Å². The number of halogens is 1. The van der Waals surface area contributed by atoms with Gasteiger partial charge in [0.15, 0.2) is 11.5 Å². The normalized spacial score (nSPS) is 15.4. The Bertz CT molecular complexity index is 813. The number of anilines is 1. The lowest BCUT2D eigenvalue weighted by atomic mass is 10.1. The number of aromatic nitrogens is 4. The monoisotopic (exact) mass is 315 g/mol. The first kappa shape index (κ1) is 13.5. The van der Waals surface area contributed by atoms with Gasteiger partial charge in [-0.15, -0.1) is 5.10 Å². The second kappa shape index (κ2) is 5.55. The molecule has 0 aliphatic carbocycles. The van der Waals surface area contributed by atoms with Gasteiger partial charge in [0, 0.05) is 36.6 Å². The summed E-state index contributed by atoms with van der Waals surface area (Å²) in [6, 6.07) is 10.0. The fourth-order valence-corrected chi connectivity index (χ4v) is 2.75. The fourth-order valence-electron chi connectivity index (χ4n) is 2.57. The quantitative estimate of drug-likeness (QED) is 0.679. The fraction of sp³-hybridized carbons (Fsp3) is 0.267. The highest BCUT2D eigenvalue weighted by atomic mass is 35.5. The van der Waals surface area contributed by atoms with E-state index in [9.17, 15) is 0 Å². The van der Waals surface area contributed by atoms with Crippen LogP contribution in [0.5, 0.6) is 0 Å². The molecule has 1 saturated heterocycles. The first-order valence-corrected chi connectivity index (χ1v) is 7.49. The maximum Gasteiger partial charge on any atom is 0.225 e. The highest BCUT2D eigenvalue weighted by molar-refractivity contribution is 6.28. The molecule has 1 aliphatic heterocycles. The molecular weight excluding hydrogens is 302 g/mol. The van der Waals surface area contributed by atoms with Gasteiger partial charge >= 0.3 is 0 Å². The maximum atomic E-state index is 6.04. The van der Waals surface area contributed by atoms with E-state index in [2.05, 4.69) is 32.1 Å². The van der Waals surface area contributed by atoms with Gasteiger partial charge in [-0.25, -0.2) is 9.97 Å². The zero-order valence-corrected chi connectivity index (χ0v) is 12.6. The van der Waals surface area contributed by atoms with Gasteiger partial charge in [-0.3, -0.25) is 0 Å². The molecule has 3 heterocycles. The van der Waals surface area contributed by atoms with Crippen LogP contribution in [0.4, 0.5) is 5.69 Å². The summed E-state index contributed by atoms with van der Waals surface area (Å²) in [6.07, 6.45) is 1.63. The third-order valence-corrected chi connectivity index (χ3v) is 3.95. The average Bonchev–Trinajstić information content (AvgIpc) is 3.02. The summed E-state index contributed by atoms with van der Waals surface area (Å²) in [5.41, 5.74) is 2.81. The molecule has 1 aromatic carbocycles. The van der Waals surface area contributed by atoms with Crippen LogP contribution < -0.4 is 4.90 Å². The van der Waals surface area contributed by atoms with Crippen molar-refractivity contribution in [3.8, 4) is 11.4 Å². The number of fused-ring (bicyclic) bond motifs is 1. The van der Waals surface area contributed by atoms with Gasteiger partial charge < -0.3 is 9.64 Å². The molecule has 22 heavy (non-hydrogen) atoms. The molecule has 0 radical (unpaired) electrons. The van der Waals surface area contributed by atoms with Crippen LogP contribution in [-0.4, -0.2) is 45.9 Å². The summed E-state index contributed by atoms with van der Waals surface area (Å²) >= 11 is 6.04. The predicted octanol–water partition coefficient (Wildman–Crippen LogP) is 2.28. The van der Waals surface area contributed by atoms with Crippen molar-refractivity contribution < 1.29 is 4.74 Å². The molecule has 0 spiro atoms. The van der Waals surface area contributed by atoms with E-state index in [-0.39, 0.29) is 0 Å². The van der Waals surface area contributed by atoms with Gasteiger partial charge in [0.05, 0.1) is 13.2 Å². The summed E-state index contributed by atoms with van der Waals surface area (Å²) in [5.74, 6) is 0.644. The van der Waals surface area contributed by atoms with Gasteiger partial charge in [-0.2, -0.15) is 4.52 Å². The van der Waals surface area contributed by atoms with Gasteiger partial charge in [-0.1, -0.05) is 12.1 Å². The molecule has 0 bridgehead atoms. The first-order valence-electron chi connectivity index (χ1n) is 7.12. The topological polar surface area (TPSA) is 55.5 Å². The molecule has 0 N–H and O–H groups in total. The summed E-state index contributed by atoms with van der Waals surface area (Å²) < 4.78 is 6.94. The molecular formula is C15H14ClN5O. The zero-order valence-electron chi connectivity index (χ0n) is 11.8. The summed E-state index contributed by atoms with van der Waals surface area (Å²) in [6.45, 7) is 3.33. The minimum atomic E-state index is 0.306. The zero-order chi connectivity index (χ0) is 14.9. The lowest BCUT2D eigenvalue weighted by Gasteiger charge is -2.29. The van der Waals surface area contributed by atoms with E-state index in [1.54, 1.807) is 12.3 Å². The molecule has 3 aromatic rings. The van der Waals surface area contributed by atoms with E-state index in [1.165, 1.54) is 4.52 Å². The summed E-state index contributed by atoms with van der Waals surface area (Å²) in [7, 11) is 0. The highest BCUT2D eigenvalue weighted by Crippen LogP contribution is 2.24. The van der Waals surface area contributed by atoms with Crippen molar-refractivity contribution in [2.75, 3.05) is 31.2 Å². The average molecular weight is 316 g/mol. The molecule has 0 amide bonds. The van der Waals surface area contributed by atoms with Crippen molar-refractivity contribution in [1.29, 1.82) is 0 Å². The second-order valence-corrected chi connectivity index (χ2v) is 5.41. The lowest BCUT2D eigenvalue weighted by Crippen LogP contribution is -2.36. The number of rotatable bonds is 2. The maximum absolute atomic E-state index is 6.04. The Balaban J connectivity index is 1.73. The number of hydrogen-bond donors (Lipinski definition) is 0. The Morgan fingerprint density at radius 1 is 1.14 bits per heavy atom. The van der Waals surface area contributed by atoms with Gasteiger partial charge in [0.2, 0.25) is 5.28 Å². The van der Waals surface area contributed by atoms with E-state index < -0.39 is 0 Å². The Morgan fingerprint density at radius 2 is 2.00 bits per heavy atom. The van der Waals surface area contributed by atoms with Crippen molar-refractivity contribution in [3.63, 3.8) is 0 Å². The van der Waals surface area contributed by atoms with Crippen LogP contribution in [0.2, 0.25) is 5.28 Å². The third-order valence-electron chi connectivity index (χ3n) is 3.69. The smallest absolute Gasteiger partial charge is 0.225 e. The van der Waals surface area contributed by atoms with Crippen molar-refractivity contribution in [3.05, 3.63) is 41.8 Å². The van der Waals surface area contributed by atoms with Gasteiger partial charge in [-0.05, 0) is 23.7 Å². The molecule has 4 rings (SSSR count). The first-order chi connectivity index (χ1) is 10.8. The molecule has 1 fully saturated rings. The largest absolute Gasteiger partial charge is 0.378 e. The molecule has 112 valence electrons. The van der Waals surface area contributed by atoms with Crippen molar-refractivity contribution >= 4 is 22.9 Å². The molecule has 6 nitrogen and oxygen atoms in total. The summed E-state index contributed by atoms with van der Waals surface area (Å²) in [4.78, 5) is 10.8. The van der Waals surface area contributed by atoms with Crippen LogP contribution >= 0.6 is 11.6 Å². The Kier molecular flexibility index (Phi) is 3.40. The van der Waals surface area contributed by atoms with E-state index in [4.69, 9.17) is 16.3 Å². The number of hydrogen-bond acceptors (Lipinski definition) is 5. The van der Waals surface area contributed by atoms with E-state index in [0.29, 0.717) is 16.8 Å². The molecule has 1 aliphatic rings. The minimum absolute atomic E-state index is 0.306. The van der Waals surface area contributed by atoms with E-state index in [1.807, 2.05) is 12.1 Å². The minimum Gasteiger partial charge on any atom is -0.378 e. The van der Waals surface area contributed by atoms with Crippen molar-refractivity contribution in [2.45, 2.75) is 0 Å². The van der Waals surface area contributed by atoms with Crippen LogP contribution in [0.3, 0.4) is 0 Å².